The van der Waals surface area contributed by atoms with Gasteiger partial charge in [0.05, 0.1) is 25.2 Å². The molecule has 1 aliphatic rings. The van der Waals surface area contributed by atoms with E-state index in [1.807, 2.05) is 0 Å². The summed E-state index contributed by atoms with van der Waals surface area (Å²) in [6, 6.07) is 2.48. The number of fused-ring (bicyclic) bond motifs is 1. The maximum Gasteiger partial charge on any atom is 0.305 e. The molecule has 1 aromatic rings. The highest BCUT2D eigenvalue weighted by atomic mass is 16.5. The molecule has 2 rings (SSSR count). The van der Waals surface area contributed by atoms with E-state index in [1.54, 1.807) is 12.1 Å². The number of benzene rings is 1. The van der Waals surface area contributed by atoms with Gasteiger partial charge in [0.1, 0.15) is 0 Å². The predicted molar refractivity (Wildman–Crippen MR) is 66.6 cm³/mol. The average molecular weight is 265 g/mol. The normalized spacial score (nSPS) is 15.4. The molecule has 0 saturated heterocycles. The van der Waals surface area contributed by atoms with E-state index in [1.165, 1.54) is 0 Å². The molecule has 102 valence electrons. The summed E-state index contributed by atoms with van der Waals surface area (Å²) in [5.41, 5.74) is 6.78. The number of aldehydes is 1. The van der Waals surface area contributed by atoms with E-state index in [4.69, 9.17) is 20.3 Å². The van der Waals surface area contributed by atoms with Gasteiger partial charge in [0, 0.05) is 18.0 Å². The first-order chi connectivity index (χ1) is 9.13. The standard InChI is InChI=1S/C13H15NO5/c14-10(6-11(16)17)9-3-2-8(7-15)12-13(9)19-5-1-4-18-12/h2-3,7,10H,1,4-6,14H2,(H,16,17). The van der Waals surface area contributed by atoms with Crippen LogP contribution in [0.1, 0.15) is 34.8 Å². The highest BCUT2D eigenvalue weighted by Gasteiger charge is 2.23. The molecule has 19 heavy (non-hydrogen) atoms. The summed E-state index contributed by atoms with van der Waals surface area (Å²) in [4.78, 5) is 21.7. The van der Waals surface area contributed by atoms with Crippen LogP contribution in [0.5, 0.6) is 11.5 Å². The van der Waals surface area contributed by atoms with Crippen LogP contribution in [-0.2, 0) is 4.79 Å². The van der Waals surface area contributed by atoms with Crippen LogP contribution in [0.2, 0.25) is 0 Å². The summed E-state index contributed by atoms with van der Waals surface area (Å²) in [5.74, 6) is -0.253. The first-order valence-corrected chi connectivity index (χ1v) is 5.98. The van der Waals surface area contributed by atoms with E-state index in [-0.39, 0.29) is 6.42 Å². The van der Waals surface area contributed by atoms with Crippen LogP contribution >= 0.6 is 0 Å². The van der Waals surface area contributed by atoms with E-state index < -0.39 is 12.0 Å². The number of carboxylic acids is 1. The second-order valence-electron chi connectivity index (χ2n) is 4.27. The fraction of sp³-hybridized carbons (Fsp3) is 0.385. The molecule has 0 spiro atoms. The minimum atomic E-state index is -0.991. The molecule has 6 nitrogen and oxygen atoms in total. The second kappa shape index (κ2) is 5.71. The van der Waals surface area contributed by atoms with E-state index in [2.05, 4.69) is 0 Å². The molecule has 1 aromatic carbocycles. The minimum absolute atomic E-state index is 0.212. The Morgan fingerprint density at radius 1 is 1.37 bits per heavy atom. The Labute approximate surface area is 110 Å². The number of aliphatic carboxylic acids is 1. The highest BCUT2D eigenvalue weighted by molar-refractivity contribution is 5.82. The molecule has 0 aliphatic carbocycles. The fourth-order valence-corrected chi connectivity index (χ4v) is 1.98. The molecule has 0 aromatic heterocycles. The number of hydrogen-bond acceptors (Lipinski definition) is 5. The molecular weight excluding hydrogens is 250 g/mol. The van der Waals surface area contributed by atoms with Gasteiger partial charge in [-0.25, -0.2) is 0 Å². The Hall–Kier alpha value is -2.08. The van der Waals surface area contributed by atoms with Crippen LogP contribution in [-0.4, -0.2) is 30.6 Å². The van der Waals surface area contributed by atoms with Crippen molar-refractivity contribution in [2.24, 2.45) is 5.73 Å². The monoisotopic (exact) mass is 265 g/mol. The Morgan fingerprint density at radius 2 is 2.05 bits per heavy atom. The molecule has 1 unspecified atom stereocenters. The lowest BCUT2D eigenvalue weighted by molar-refractivity contribution is -0.137. The van der Waals surface area contributed by atoms with Crippen LogP contribution < -0.4 is 15.2 Å². The Balaban J connectivity index is 2.44. The van der Waals surface area contributed by atoms with Crippen molar-refractivity contribution in [3.05, 3.63) is 23.3 Å². The zero-order valence-electron chi connectivity index (χ0n) is 10.3. The molecule has 6 heteroatoms. The van der Waals surface area contributed by atoms with Gasteiger partial charge in [0.15, 0.2) is 17.8 Å². The number of carbonyl (C=O) groups is 2. The number of rotatable bonds is 4. The van der Waals surface area contributed by atoms with Crippen LogP contribution in [0.15, 0.2) is 12.1 Å². The molecule has 1 aliphatic heterocycles. The Bertz CT molecular complexity index is 500. The number of ether oxygens (including phenoxy) is 2. The topological polar surface area (TPSA) is 98.9 Å². The zero-order valence-corrected chi connectivity index (χ0v) is 10.3. The van der Waals surface area contributed by atoms with Crippen LogP contribution in [0.25, 0.3) is 0 Å². The molecule has 1 heterocycles. The lowest BCUT2D eigenvalue weighted by Crippen LogP contribution is -2.16. The largest absolute Gasteiger partial charge is 0.489 e. The molecule has 0 fully saturated rings. The molecule has 0 radical (unpaired) electrons. The Kier molecular flexibility index (Phi) is 4.01. The Morgan fingerprint density at radius 3 is 2.68 bits per heavy atom. The smallest absolute Gasteiger partial charge is 0.305 e. The summed E-state index contributed by atoms with van der Waals surface area (Å²) in [7, 11) is 0. The van der Waals surface area contributed by atoms with Crippen LogP contribution in [0.4, 0.5) is 0 Å². The summed E-state index contributed by atoms with van der Waals surface area (Å²) in [5, 5.41) is 8.80. The SMILES string of the molecule is NC(CC(=O)O)c1ccc(C=O)c2c1OCCCO2. The third-order valence-electron chi connectivity index (χ3n) is 2.88. The summed E-state index contributed by atoms with van der Waals surface area (Å²) in [6.45, 7) is 0.896. The minimum Gasteiger partial charge on any atom is -0.489 e. The number of carbonyl (C=O) groups excluding carboxylic acids is 1. The molecule has 0 amide bonds. The van der Waals surface area contributed by atoms with E-state index >= 15 is 0 Å². The quantitative estimate of drug-likeness (QED) is 0.792. The molecule has 1 atom stereocenters. The summed E-state index contributed by atoms with van der Waals surface area (Å²) < 4.78 is 11.1. The molecule has 0 saturated carbocycles. The van der Waals surface area contributed by atoms with Crippen LogP contribution in [0, 0.1) is 0 Å². The number of carboxylic acid groups (broad SMARTS) is 1. The molecule has 0 bridgehead atoms. The maximum atomic E-state index is 11.0. The van der Waals surface area contributed by atoms with Crippen molar-refractivity contribution < 1.29 is 24.2 Å². The lowest BCUT2D eigenvalue weighted by Gasteiger charge is -2.17. The van der Waals surface area contributed by atoms with Gasteiger partial charge in [-0.05, 0) is 6.07 Å². The maximum absolute atomic E-state index is 11.0. The lowest BCUT2D eigenvalue weighted by atomic mass is 10.0. The third-order valence-corrected chi connectivity index (χ3v) is 2.88. The highest BCUT2D eigenvalue weighted by Crippen LogP contribution is 2.39. The van der Waals surface area contributed by atoms with Crippen molar-refractivity contribution in [2.75, 3.05) is 13.2 Å². The van der Waals surface area contributed by atoms with Crippen molar-refractivity contribution in [1.29, 1.82) is 0 Å². The zero-order chi connectivity index (χ0) is 13.8. The van der Waals surface area contributed by atoms with Crippen molar-refractivity contribution in [1.82, 2.24) is 0 Å². The summed E-state index contributed by atoms with van der Waals surface area (Å²) in [6.07, 6.45) is 1.16. The molecule has 3 N–H and O–H groups in total. The number of hydrogen-bond donors (Lipinski definition) is 2. The van der Waals surface area contributed by atoms with E-state index in [0.717, 1.165) is 0 Å². The van der Waals surface area contributed by atoms with Gasteiger partial charge in [-0.15, -0.1) is 0 Å². The van der Waals surface area contributed by atoms with Gasteiger partial charge in [0.2, 0.25) is 0 Å². The summed E-state index contributed by atoms with van der Waals surface area (Å²) >= 11 is 0. The van der Waals surface area contributed by atoms with E-state index in [9.17, 15) is 9.59 Å². The van der Waals surface area contributed by atoms with Crippen LogP contribution in [0.3, 0.4) is 0 Å². The fourth-order valence-electron chi connectivity index (χ4n) is 1.98. The second-order valence-corrected chi connectivity index (χ2v) is 4.27. The van der Waals surface area contributed by atoms with Gasteiger partial charge in [0.25, 0.3) is 0 Å². The van der Waals surface area contributed by atoms with Gasteiger partial charge in [-0.2, -0.15) is 0 Å². The van der Waals surface area contributed by atoms with Crippen molar-refractivity contribution >= 4 is 12.3 Å². The van der Waals surface area contributed by atoms with Crippen molar-refractivity contribution in [2.45, 2.75) is 18.9 Å². The third kappa shape index (κ3) is 2.85. The van der Waals surface area contributed by atoms with E-state index in [0.29, 0.717) is 48.5 Å². The van der Waals surface area contributed by atoms with Gasteiger partial charge < -0.3 is 20.3 Å². The first kappa shape index (κ1) is 13.4. The van der Waals surface area contributed by atoms with Crippen molar-refractivity contribution in [3.63, 3.8) is 0 Å². The van der Waals surface area contributed by atoms with Gasteiger partial charge >= 0.3 is 5.97 Å². The number of nitrogens with two attached hydrogens (primary N) is 1. The van der Waals surface area contributed by atoms with Gasteiger partial charge in [-0.3, -0.25) is 9.59 Å². The van der Waals surface area contributed by atoms with Crippen molar-refractivity contribution in [3.8, 4) is 11.5 Å². The molecular formula is C13H15NO5. The van der Waals surface area contributed by atoms with Gasteiger partial charge in [-0.1, -0.05) is 6.07 Å². The first-order valence-electron chi connectivity index (χ1n) is 5.98. The average Bonchev–Trinajstić information content (AvgIpc) is 2.62. The predicted octanol–water partition coefficient (Wildman–Crippen LogP) is 1.13.